The second-order valence-electron chi connectivity index (χ2n) is 1.62. The van der Waals surface area contributed by atoms with Crippen molar-refractivity contribution in [1.82, 2.24) is 5.16 Å². The van der Waals surface area contributed by atoms with Gasteiger partial charge in [-0.15, -0.1) is 5.16 Å². The molecule has 0 saturated carbocycles. The van der Waals surface area contributed by atoms with Gasteiger partial charge in [-0.2, -0.15) is 0 Å². The molecule has 0 fully saturated rings. The molecule has 0 atom stereocenters. The molecule has 1 aromatic rings. The fourth-order valence-electron chi connectivity index (χ4n) is 0.515. The molecule has 0 spiro atoms. The lowest BCUT2D eigenvalue weighted by Gasteiger charge is -1.79. The highest BCUT2D eigenvalue weighted by Gasteiger charge is 1.98. The zero-order valence-corrected chi connectivity index (χ0v) is 5.75. The van der Waals surface area contributed by atoms with Crippen LogP contribution >= 0.6 is 11.6 Å². The van der Waals surface area contributed by atoms with Crippen molar-refractivity contribution in [2.45, 2.75) is 6.42 Å². The van der Waals surface area contributed by atoms with Crippen LogP contribution in [0.5, 0.6) is 0 Å². The van der Waals surface area contributed by atoms with E-state index in [4.69, 9.17) is 16.8 Å². The van der Waals surface area contributed by atoms with Crippen LogP contribution in [0.1, 0.15) is 5.76 Å². The van der Waals surface area contributed by atoms with Gasteiger partial charge in [0.15, 0.2) is 5.15 Å². The second kappa shape index (κ2) is 3.22. The topological polar surface area (TPSA) is 58.6 Å². The third-order valence-corrected chi connectivity index (χ3v) is 1.08. The lowest BCUT2D eigenvalue weighted by atomic mass is 10.4. The van der Waals surface area contributed by atoms with Crippen LogP contribution in [0.15, 0.2) is 15.7 Å². The summed E-state index contributed by atoms with van der Waals surface area (Å²) in [6, 6.07) is 1.56. The van der Waals surface area contributed by atoms with E-state index in [2.05, 4.69) is 14.8 Å². The van der Waals surface area contributed by atoms with E-state index < -0.39 is 0 Å². The summed E-state index contributed by atoms with van der Waals surface area (Å²) in [7, 11) is 0. The van der Waals surface area contributed by atoms with Crippen molar-refractivity contribution in [3.63, 3.8) is 0 Å². The largest absolute Gasteiger partial charge is 0.411 e. The summed E-state index contributed by atoms with van der Waals surface area (Å²) in [5, 5.41) is 14.5. The van der Waals surface area contributed by atoms with Gasteiger partial charge in [-0.25, -0.2) is 0 Å². The van der Waals surface area contributed by atoms with Crippen molar-refractivity contribution in [2.24, 2.45) is 5.16 Å². The molecule has 10 heavy (non-hydrogen) atoms. The first-order valence-electron chi connectivity index (χ1n) is 2.60. The van der Waals surface area contributed by atoms with Crippen molar-refractivity contribution in [3.05, 3.63) is 17.0 Å². The monoisotopic (exact) mass is 160 g/mol. The summed E-state index contributed by atoms with van der Waals surface area (Å²) in [6.45, 7) is 0. The Kier molecular flexibility index (Phi) is 2.28. The van der Waals surface area contributed by atoms with Crippen molar-refractivity contribution >= 4 is 17.8 Å². The van der Waals surface area contributed by atoms with Gasteiger partial charge in [-0.3, -0.25) is 0 Å². The number of hydrogen-bond donors (Lipinski definition) is 1. The van der Waals surface area contributed by atoms with Gasteiger partial charge in [-0.1, -0.05) is 16.8 Å². The first-order chi connectivity index (χ1) is 4.83. The molecule has 5 heteroatoms. The summed E-state index contributed by atoms with van der Waals surface area (Å²) >= 11 is 5.43. The van der Waals surface area contributed by atoms with E-state index in [0.717, 1.165) is 0 Å². The standard InChI is InChI=1S/C5H5ClN2O2/c6-5-3-4(10-8-5)1-2-7-9/h2-3,9H,1H2/b7-2+. The molecule has 1 aromatic heterocycles. The lowest BCUT2D eigenvalue weighted by molar-refractivity contribution is 0.319. The molecule has 0 saturated heterocycles. The van der Waals surface area contributed by atoms with Gasteiger partial charge in [-0.05, 0) is 0 Å². The molecular formula is C5H5ClN2O2. The normalized spacial score (nSPS) is 10.9. The molecule has 0 radical (unpaired) electrons. The molecule has 1 rings (SSSR count). The Morgan fingerprint density at radius 2 is 2.70 bits per heavy atom. The summed E-state index contributed by atoms with van der Waals surface area (Å²) < 4.78 is 4.68. The maximum atomic E-state index is 8.01. The first kappa shape index (κ1) is 7.08. The van der Waals surface area contributed by atoms with Crippen LogP contribution in [-0.4, -0.2) is 16.6 Å². The second-order valence-corrected chi connectivity index (χ2v) is 2.01. The van der Waals surface area contributed by atoms with E-state index in [1.807, 2.05) is 0 Å². The van der Waals surface area contributed by atoms with Crippen LogP contribution < -0.4 is 0 Å². The SMILES string of the molecule is O/N=C/Cc1cc(Cl)no1. The van der Waals surface area contributed by atoms with E-state index >= 15 is 0 Å². The number of oxime groups is 1. The number of hydrogen-bond acceptors (Lipinski definition) is 4. The van der Waals surface area contributed by atoms with Crippen LogP contribution in [0, 0.1) is 0 Å². The first-order valence-corrected chi connectivity index (χ1v) is 2.97. The minimum Gasteiger partial charge on any atom is -0.411 e. The average molecular weight is 161 g/mol. The molecule has 0 aromatic carbocycles. The minimum absolute atomic E-state index is 0.307. The van der Waals surface area contributed by atoms with Crippen molar-refractivity contribution in [1.29, 1.82) is 0 Å². The fraction of sp³-hybridized carbons (Fsp3) is 0.200. The number of halogens is 1. The van der Waals surface area contributed by atoms with Crippen LogP contribution in [0.25, 0.3) is 0 Å². The van der Waals surface area contributed by atoms with E-state index in [1.54, 1.807) is 6.07 Å². The van der Waals surface area contributed by atoms with Crippen molar-refractivity contribution in [2.75, 3.05) is 0 Å². The number of rotatable bonds is 2. The van der Waals surface area contributed by atoms with E-state index in [-0.39, 0.29) is 0 Å². The predicted octanol–water partition coefficient (Wildman–Crippen LogP) is 1.33. The summed E-state index contributed by atoms with van der Waals surface area (Å²) in [5.74, 6) is 0.572. The number of aromatic nitrogens is 1. The third kappa shape index (κ3) is 1.73. The molecule has 1 heterocycles. The lowest BCUT2D eigenvalue weighted by Crippen LogP contribution is -1.80. The average Bonchev–Trinajstić information content (AvgIpc) is 2.31. The van der Waals surface area contributed by atoms with Gasteiger partial charge in [0.05, 0.1) is 6.21 Å². The predicted molar refractivity (Wildman–Crippen MR) is 35.5 cm³/mol. The zero-order valence-electron chi connectivity index (χ0n) is 4.99. The highest BCUT2D eigenvalue weighted by atomic mass is 35.5. The van der Waals surface area contributed by atoms with Gasteiger partial charge < -0.3 is 9.73 Å². The van der Waals surface area contributed by atoms with Gasteiger partial charge >= 0.3 is 0 Å². The van der Waals surface area contributed by atoms with Crippen molar-refractivity contribution in [3.8, 4) is 0 Å². The Morgan fingerprint density at radius 1 is 1.90 bits per heavy atom. The molecule has 1 N–H and O–H groups in total. The third-order valence-electron chi connectivity index (χ3n) is 0.904. The molecule has 4 nitrogen and oxygen atoms in total. The quantitative estimate of drug-likeness (QED) is 0.403. The Labute approximate surface area is 62.1 Å². The van der Waals surface area contributed by atoms with Crippen molar-refractivity contribution < 1.29 is 9.73 Å². The number of nitrogens with zero attached hydrogens (tertiary/aromatic N) is 2. The van der Waals surface area contributed by atoms with Crippen LogP contribution in [0.4, 0.5) is 0 Å². The van der Waals surface area contributed by atoms with Crippen LogP contribution in [0.3, 0.4) is 0 Å². The van der Waals surface area contributed by atoms with Gasteiger partial charge in [0.1, 0.15) is 5.76 Å². The van der Waals surface area contributed by atoms with E-state index in [9.17, 15) is 0 Å². The van der Waals surface area contributed by atoms with Gasteiger partial charge in [0, 0.05) is 12.5 Å². The van der Waals surface area contributed by atoms with E-state index in [0.29, 0.717) is 17.3 Å². The maximum Gasteiger partial charge on any atom is 0.172 e. The maximum absolute atomic E-state index is 8.01. The zero-order chi connectivity index (χ0) is 7.40. The summed E-state index contributed by atoms with van der Waals surface area (Å²) in [4.78, 5) is 0. The molecule has 0 aliphatic rings. The molecule has 0 aliphatic carbocycles. The van der Waals surface area contributed by atoms with Gasteiger partial charge in [0.25, 0.3) is 0 Å². The van der Waals surface area contributed by atoms with E-state index in [1.165, 1.54) is 6.21 Å². The highest BCUT2D eigenvalue weighted by Crippen LogP contribution is 2.07. The van der Waals surface area contributed by atoms with Crippen LogP contribution in [-0.2, 0) is 6.42 Å². The smallest absolute Gasteiger partial charge is 0.172 e. The fourth-order valence-corrected chi connectivity index (χ4v) is 0.671. The molecule has 0 unspecified atom stereocenters. The van der Waals surface area contributed by atoms with Gasteiger partial charge in [0.2, 0.25) is 0 Å². The Bertz CT molecular complexity index is 233. The van der Waals surface area contributed by atoms with Crippen LogP contribution in [0.2, 0.25) is 5.15 Å². The minimum atomic E-state index is 0.307. The molecule has 0 amide bonds. The Morgan fingerprint density at radius 3 is 3.20 bits per heavy atom. The molecular weight excluding hydrogens is 156 g/mol. The Balaban J connectivity index is 2.58. The highest BCUT2D eigenvalue weighted by molar-refractivity contribution is 6.29. The molecule has 0 bridgehead atoms. The molecule has 0 aliphatic heterocycles. The Hall–Kier alpha value is -1.03. The summed E-state index contributed by atoms with van der Waals surface area (Å²) in [5.41, 5.74) is 0. The summed E-state index contributed by atoms with van der Waals surface area (Å²) in [6.07, 6.45) is 1.69. The molecule has 54 valence electrons.